The molecule has 21 heavy (non-hydrogen) atoms. The average Bonchev–Trinajstić information content (AvgIpc) is 3.00. The summed E-state index contributed by atoms with van der Waals surface area (Å²) in [6, 6.07) is 0. The summed E-state index contributed by atoms with van der Waals surface area (Å²) in [4.78, 5) is 4.72. The van der Waals surface area contributed by atoms with Crippen LogP contribution in [0.2, 0.25) is 0 Å². The molecule has 0 bridgehead atoms. The maximum atomic E-state index is 5.93. The Balaban J connectivity index is 1.80. The third-order valence-electron chi connectivity index (χ3n) is 5.24. The molecule has 5 nitrogen and oxygen atoms in total. The van der Waals surface area contributed by atoms with Crippen LogP contribution in [0.4, 0.5) is 0 Å². The number of hydrogen-bond donors (Lipinski definition) is 1. The zero-order valence-corrected chi connectivity index (χ0v) is 13.4. The summed E-state index contributed by atoms with van der Waals surface area (Å²) >= 11 is 0. The van der Waals surface area contributed by atoms with E-state index in [-0.39, 0.29) is 11.0 Å². The minimum absolute atomic E-state index is 0.0936. The Hall–Kier alpha value is -0.940. The Morgan fingerprint density at radius 3 is 2.81 bits per heavy atom. The van der Waals surface area contributed by atoms with Crippen LogP contribution in [-0.4, -0.2) is 29.8 Å². The van der Waals surface area contributed by atoms with Crippen molar-refractivity contribution in [2.24, 2.45) is 5.92 Å². The lowest BCUT2D eigenvalue weighted by Gasteiger charge is -2.34. The van der Waals surface area contributed by atoms with Gasteiger partial charge in [0.2, 0.25) is 11.7 Å². The monoisotopic (exact) mass is 293 g/mol. The number of hydrogen-bond acceptors (Lipinski definition) is 5. The van der Waals surface area contributed by atoms with Crippen molar-refractivity contribution in [3.8, 4) is 0 Å². The van der Waals surface area contributed by atoms with Gasteiger partial charge in [0.15, 0.2) is 0 Å². The van der Waals surface area contributed by atoms with Crippen LogP contribution >= 0.6 is 0 Å². The van der Waals surface area contributed by atoms with Gasteiger partial charge in [0.05, 0.1) is 0 Å². The second-order valence-electron chi connectivity index (χ2n) is 7.22. The van der Waals surface area contributed by atoms with Crippen molar-refractivity contribution < 1.29 is 9.26 Å². The molecule has 1 aromatic rings. The Bertz CT molecular complexity index is 472. The van der Waals surface area contributed by atoms with Gasteiger partial charge in [0.1, 0.15) is 5.60 Å². The van der Waals surface area contributed by atoms with E-state index >= 15 is 0 Å². The first-order valence-corrected chi connectivity index (χ1v) is 8.22. The molecule has 3 rings (SSSR count). The third kappa shape index (κ3) is 2.86. The third-order valence-corrected chi connectivity index (χ3v) is 5.24. The van der Waals surface area contributed by atoms with E-state index in [0.717, 1.165) is 44.8 Å². The van der Waals surface area contributed by atoms with Gasteiger partial charge >= 0.3 is 0 Å². The SMILES string of the molecule is CC1(c2noc(C(C)(C)C3CCCNC3)n2)CCCCO1. The molecule has 2 unspecified atom stereocenters. The average molecular weight is 293 g/mol. The quantitative estimate of drug-likeness (QED) is 0.928. The molecule has 0 aliphatic carbocycles. The fourth-order valence-electron chi connectivity index (χ4n) is 3.45. The van der Waals surface area contributed by atoms with Crippen LogP contribution < -0.4 is 5.32 Å². The summed E-state index contributed by atoms with van der Waals surface area (Å²) in [6.45, 7) is 9.44. The van der Waals surface area contributed by atoms with Crippen molar-refractivity contribution in [1.82, 2.24) is 15.5 Å². The van der Waals surface area contributed by atoms with Gasteiger partial charge in [-0.3, -0.25) is 0 Å². The van der Waals surface area contributed by atoms with Crippen LogP contribution in [0.15, 0.2) is 4.52 Å². The second kappa shape index (κ2) is 5.69. The molecular formula is C16H27N3O2. The predicted molar refractivity (Wildman–Crippen MR) is 80.1 cm³/mol. The van der Waals surface area contributed by atoms with E-state index in [4.69, 9.17) is 14.2 Å². The number of nitrogens with zero attached hydrogens (tertiary/aromatic N) is 2. The molecule has 1 N–H and O–H groups in total. The molecule has 2 saturated heterocycles. The molecule has 3 heterocycles. The smallest absolute Gasteiger partial charge is 0.232 e. The van der Waals surface area contributed by atoms with E-state index in [2.05, 4.69) is 31.2 Å². The zero-order chi connectivity index (χ0) is 14.9. The highest BCUT2D eigenvalue weighted by Crippen LogP contribution is 2.37. The van der Waals surface area contributed by atoms with E-state index in [1.165, 1.54) is 12.8 Å². The van der Waals surface area contributed by atoms with Gasteiger partial charge in [-0.25, -0.2) is 0 Å². The molecule has 2 atom stereocenters. The highest BCUT2D eigenvalue weighted by atomic mass is 16.5. The normalized spacial score (nSPS) is 31.3. The molecular weight excluding hydrogens is 266 g/mol. The summed E-state index contributed by atoms with van der Waals surface area (Å²) < 4.78 is 11.6. The molecule has 0 aromatic carbocycles. The molecule has 0 spiro atoms. The van der Waals surface area contributed by atoms with Gasteiger partial charge in [-0.05, 0) is 58.0 Å². The van der Waals surface area contributed by atoms with Crippen LogP contribution in [0.3, 0.4) is 0 Å². The van der Waals surface area contributed by atoms with Gasteiger partial charge in [0, 0.05) is 12.0 Å². The number of nitrogens with one attached hydrogen (secondary N) is 1. The highest BCUT2D eigenvalue weighted by Gasteiger charge is 2.40. The van der Waals surface area contributed by atoms with Gasteiger partial charge < -0.3 is 14.6 Å². The van der Waals surface area contributed by atoms with Crippen LogP contribution in [0, 0.1) is 5.92 Å². The summed E-state index contributed by atoms with van der Waals surface area (Å²) in [5.74, 6) is 2.01. The lowest BCUT2D eigenvalue weighted by atomic mass is 9.75. The Morgan fingerprint density at radius 2 is 2.14 bits per heavy atom. The van der Waals surface area contributed by atoms with Crippen LogP contribution in [0.1, 0.15) is 64.6 Å². The zero-order valence-electron chi connectivity index (χ0n) is 13.4. The number of aromatic nitrogens is 2. The number of ether oxygens (including phenoxy) is 1. The van der Waals surface area contributed by atoms with E-state index in [0.29, 0.717) is 11.7 Å². The topological polar surface area (TPSA) is 60.2 Å². The van der Waals surface area contributed by atoms with E-state index in [1.807, 2.05) is 0 Å². The summed E-state index contributed by atoms with van der Waals surface area (Å²) in [6.07, 6.45) is 5.69. The standard InChI is InChI=1S/C16H27N3O2/c1-15(2,12-7-6-9-17-11-12)14-18-13(19-21-14)16(3)8-4-5-10-20-16/h12,17H,4-11H2,1-3H3. The molecule has 0 amide bonds. The fraction of sp³-hybridized carbons (Fsp3) is 0.875. The maximum Gasteiger partial charge on any atom is 0.232 e. The largest absolute Gasteiger partial charge is 0.367 e. The second-order valence-corrected chi connectivity index (χ2v) is 7.22. The maximum absolute atomic E-state index is 5.93. The van der Waals surface area contributed by atoms with Crippen LogP contribution in [0.5, 0.6) is 0 Å². The molecule has 2 fully saturated rings. The first-order valence-electron chi connectivity index (χ1n) is 8.22. The first-order chi connectivity index (χ1) is 10.0. The van der Waals surface area contributed by atoms with Gasteiger partial charge in [-0.1, -0.05) is 19.0 Å². The van der Waals surface area contributed by atoms with Crippen molar-refractivity contribution in [3.63, 3.8) is 0 Å². The minimum Gasteiger partial charge on any atom is -0.367 e. The first kappa shape index (κ1) is 15.0. The Kier molecular flexibility index (Phi) is 4.06. The summed E-state index contributed by atoms with van der Waals surface area (Å²) in [7, 11) is 0. The molecule has 2 aliphatic heterocycles. The number of piperidine rings is 1. The predicted octanol–water partition coefficient (Wildman–Crippen LogP) is 2.76. The van der Waals surface area contributed by atoms with Gasteiger partial charge in [-0.15, -0.1) is 0 Å². The van der Waals surface area contributed by atoms with Gasteiger partial charge in [0.25, 0.3) is 0 Å². The van der Waals surface area contributed by atoms with Crippen molar-refractivity contribution in [3.05, 3.63) is 11.7 Å². The lowest BCUT2D eigenvalue weighted by Crippen LogP contribution is -2.41. The number of rotatable bonds is 3. The molecule has 0 radical (unpaired) electrons. The summed E-state index contributed by atoms with van der Waals surface area (Å²) in [5, 5.41) is 7.72. The van der Waals surface area contributed by atoms with E-state index < -0.39 is 0 Å². The molecule has 118 valence electrons. The van der Waals surface area contributed by atoms with Crippen molar-refractivity contribution in [1.29, 1.82) is 0 Å². The fourth-order valence-corrected chi connectivity index (χ4v) is 3.45. The summed E-state index contributed by atoms with van der Waals surface area (Å²) in [5.41, 5.74) is -0.468. The van der Waals surface area contributed by atoms with Crippen molar-refractivity contribution in [2.75, 3.05) is 19.7 Å². The Labute approximate surface area is 126 Å². The van der Waals surface area contributed by atoms with Crippen LogP contribution in [0.25, 0.3) is 0 Å². The van der Waals surface area contributed by atoms with E-state index in [1.54, 1.807) is 0 Å². The molecule has 2 aliphatic rings. The lowest BCUT2D eigenvalue weighted by molar-refractivity contribution is -0.0770. The molecule has 5 heteroatoms. The minimum atomic E-state index is -0.374. The van der Waals surface area contributed by atoms with E-state index in [9.17, 15) is 0 Å². The van der Waals surface area contributed by atoms with Crippen molar-refractivity contribution >= 4 is 0 Å². The van der Waals surface area contributed by atoms with Gasteiger partial charge in [-0.2, -0.15) is 4.98 Å². The molecule has 1 aromatic heterocycles. The Morgan fingerprint density at radius 1 is 1.29 bits per heavy atom. The molecule has 0 saturated carbocycles. The van der Waals surface area contributed by atoms with Crippen molar-refractivity contribution in [2.45, 2.75) is 63.9 Å². The van der Waals surface area contributed by atoms with Crippen LogP contribution in [-0.2, 0) is 15.8 Å². The highest BCUT2D eigenvalue weighted by molar-refractivity contribution is 5.09.